The van der Waals surface area contributed by atoms with Crippen LogP contribution in [0.2, 0.25) is 0 Å². The topological polar surface area (TPSA) is 90.2 Å². The standard InChI is InChI=1S/C14H20N2O3S/c1-3-14(2,7-8-17)16-20(18,19)11-13-6-4-5-12(9-13)10-15/h4-6,9,16-17H,3,7-8,11H2,1-2H3. The first-order valence-corrected chi connectivity index (χ1v) is 8.11. The van der Waals surface area contributed by atoms with Crippen LogP contribution in [0.25, 0.3) is 0 Å². The number of hydrogen-bond donors (Lipinski definition) is 2. The Bertz CT molecular complexity index is 593. The van der Waals surface area contributed by atoms with Gasteiger partial charge >= 0.3 is 0 Å². The fourth-order valence-electron chi connectivity index (χ4n) is 1.91. The van der Waals surface area contributed by atoms with E-state index >= 15 is 0 Å². The minimum absolute atomic E-state index is 0.0726. The van der Waals surface area contributed by atoms with E-state index in [1.54, 1.807) is 31.2 Å². The summed E-state index contributed by atoms with van der Waals surface area (Å²) in [6.07, 6.45) is 0.950. The first kappa shape index (κ1) is 16.6. The van der Waals surface area contributed by atoms with Gasteiger partial charge in [-0.2, -0.15) is 5.26 Å². The van der Waals surface area contributed by atoms with Crippen LogP contribution in [0.5, 0.6) is 0 Å². The summed E-state index contributed by atoms with van der Waals surface area (Å²) in [6, 6.07) is 8.52. The molecule has 6 heteroatoms. The number of benzene rings is 1. The molecule has 0 saturated carbocycles. The second kappa shape index (κ2) is 6.84. The van der Waals surface area contributed by atoms with Crippen LogP contribution in [0, 0.1) is 11.3 Å². The molecule has 0 radical (unpaired) electrons. The normalized spacial score (nSPS) is 14.5. The van der Waals surface area contributed by atoms with Gasteiger partial charge < -0.3 is 5.11 Å². The molecule has 0 aliphatic carbocycles. The zero-order valence-corrected chi connectivity index (χ0v) is 12.6. The Balaban J connectivity index is 2.87. The molecule has 0 aliphatic heterocycles. The molecule has 0 aromatic heterocycles. The van der Waals surface area contributed by atoms with Crippen molar-refractivity contribution >= 4 is 10.0 Å². The lowest BCUT2D eigenvalue weighted by Gasteiger charge is -2.28. The van der Waals surface area contributed by atoms with Gasteiger partial charge in [-0.05, 0) is 37.5 Å². The van der Waals surface area contributed by atoms with Gasteiger partial charge in [-0.25, -0.2) is 13.1 Å². The van der Waals surface area contributed by atoms with E-state index in [0.29, 0.717) is 24.0 Å². The highest BCUT2D eigenvalue weighted by atomic mass is 32.2. The second-order valence-corrected chi connectivity index (χ2v) is 6.78. The van der Waals surface area contributed by atoms with E-state index in [1.165, 1.54) is 0 Å². The lowest BCUT2D eigenvalue weighted by molar-refractivity contribution is 0.233. The van der Waals surface area contributed by atoms with Crippen LogP contribution in [0.1, 0.15) is 37.8 Å². The third-order valence-corrected chi connectivity index (χ3v) is 4.78. The SMILES string of the molecule is CCC(C)(CCO)NS(=O)(=O)Cc1cccc(C#N)c1. The van der Waals surface area contributed by atoms with Crippen LogP contribution in [0.3, 0.4) is 0 Å². The molecule has 0 heterocycles. The van der Waals surface area contributed by atoms with Crippen molar-refractivity contribution in [3.63, 3.8) is 0 Å². The molecule has 0 amide bonds. The van der Waals surface area contributed by atoms with E-state index in [0.717, 1.165) is 0 Å². The number of aliphatic hydroxyl groups is 1. The maximum absolute atomic E-state index is 12.2. The summed E-state index contributed by atoms with van der Waals surface area (Å²) in [5.41, 5.74) is 0.353. The zero-order chi connectivity index (χ0) is 15.2. The number of nitriles is 1. The Morgan fingerprint density at radius 2 is 2.15 bits per heavy atom. The maximum atomic E-state index is 12.2. The van der Waals surface area contributed by atoms with Gasteiger partial charge in [0.15, 0.2) is 0 Å². The second-order valence-electron chi connectivity index (χ2n) is 5.06. The molecule has 2 N–H and O–H groups in total. The Hall–Kier alpha value is -1.42. The number of sulfonamides is 1. The van der Waals surface area contributed by atoms with Crippen molar-refractivity contribution in [2.45, 2.75) is 38.0 Å². The molecule has 5 nitrogen and oxygen atoms in total. The van der Waals surface area contributed by atoms with E-state index in [4.69, 9.17) is 10.4 Å². The van der Waals surface area contributed by atoms with E-state index in [9.17, 15) is 8.42 Å². The third kappa shape index (κ3) is 4.93. The van der Waals surface area contributed by atoms with Crippen LogP contribution in [-0.2, 0) is 15.8 Å². The minimum atomic E-state index is -3.52. The van der Waals surface area contributed by atoms with Gasteiger partial charge in [-0.3, -0.25) is 0 Å². The molecule has 1 aromatic rings. The summed E-state index contributed by atoms with van der Waals surface area (Å²) in [7, 11) is -3.52. The molecule has 20 heavy (non-hydrogen) atoms. The molecule has 1 aromatic carbocycles. The van der Waals surface area contributed by atoms with Gasteiger partial charge in [-0.1, -0.05) is 19.1 Å². The van der Waals surface area contributed by atoms with Gasteiger partial charge in [0.05, 0.1) is 17.4 Å². The van der Waals surface area contributed by atoms with Crippen molar-refractivity contribution in [1.29, 1.82) is 5.26 Å². The summed E-state index contributed by atoms with van der Waals surface area (Å²) in [5, 5.41) is 17.8. The lowest BCUT2D eigenvalue weighted by atomic mass is 9.97. The van der Waals surface area contributed by atoms with Crippen LogP contribution < -0.4 is 4.72 Å². The molecule has 0 bridgehead atoms. The Morgan fingerprint density at radius 3 is 2.70 bits per heavy atom. The average Bonchev–Trinajstić information content (AvgIpc) is 2.38. The van der Waals surface area contributed by atoms with Crippen molar-refractivity contribution in [3.05, 3.63) is 35.4 Å². The number of hydrogen-bond acceptors (Lipinski definition) is 4. The predicted molar refractivity (Wildman–Crippen MR) is 77.3 cm³/mol. The lowest BCUT2D eigenvalue weighted by Crippen LogP contribution is -2.46. The van der Waals surface area contributed by atoms with Crippen LogP contribution >= 0.6 is 0 Å². The molecule has 1 atom stereocenters. The smallest absolute Gasteiger partial charge is 0.216 e. The van der Waals surface area contributed by atoms with Crippen LogP contribution in [0.4, 0.5) is 0 Å². The molecule has 0 spiro atoms. The van der Waals surface area contributed by atoms with Crippen LogP contribution in [0.15, 0.2) is 24.3 Å². The maximum Gasteiger partial charge on any atom is 0.216 e. The molecular weight excluding hydrogens is 276 g/mol. The molecule has 1 rings (SSSR count). The quantitative estimate of drug-likeness (QED) is 0.798. The van der Waals surface area contributed by atoms with Gasteiger partial charge in [0.25, 0.3) is 0 Å². The summed E-state index contributed by atoms with van der Waals surface area (Å²) >= 11 is 0. The monoisotopic (exact) mass is 296 g/mol. The first-order valence-electron chi connectivity index (χ1n) is 6.46. The number of rotatable bonds is 7. The van der Waals surface area contributed by atoms with Crippen molar-refractivity contribution < 1.29 is 13.5 Å². The van der Waals surface area contributed by atoms with Gasteiger partial charge in [0.1, 0.15) is 0 Å². The van der Waals surface area contributed by atoms with Crippen molar-refractivity contribution in [3.8, 4) is 6.07 Å². The fraction of sp³-hybridized carbons (Fsp3) is 0.500. The minimum Gasteiger partial charge on any atom is -0.396 e. The van der Waals surface area contributed by atoms with E-state index in [2.05, 4.69) is 4.72 Å². The molecule has 0 fully saturated rings. The summed E-state index contributed by atoms with van der Waals surface area (Å²) < 4.78 is 27.0. The summed E-state index contributed by atoms with van der Waals surface area (Å²) in [4.78, 5) is 0. The van der Waals surface area contributed by atoms with Crippen molar-refractivity contribution in [1.82, 2.24) is 4.72 Å². The molecule has 0 aliphatic rings. The predicted octanol–water partition coefficient (Wildman–Crippen LogP) is 1.53. The Kier molecular flexibility index (Phi) is 5.69. The van der Waals surface area contributed by atoms with E-state index in [-0.39, 0.29) is 12.4 Å². The van der Waals surface area contributed by atoms with Gasteiger partial charge in [0.2, 0.25) is 10.0 Å². The van der Waals surface area contributed by atoms with E-state index in [1.807, 2.05) is 13.0 Å². The van der Waals surface area contributed by atoms with Gasteiger partial charge in [0, 0.05) is 12.1 Å². The average molecular weight is 296 g/mol. The Morgan fingerprint density at radius 1 is 1.45 bits per heavy atom. The molecule has 0 saturated heterocycles. The fourth-order valence-corrected chi connectivity index (χ4v) is 3.60. The molecule has 1 unspecified atom stereocenters. The first-order chi connectivity index (χ1) is 9.34. The number of nitrogens with one attached hydrogen (secondary N) is 1. The van der Waals surface area contributed by atoms with Crippen molar-refractivity contribution in [2.24, 2.45) is 0 Å². The number of nitrogens with zero attached hydrogens (tertiary/aromatic N) is 1. The highest BCUT2D eigenvalue weighted by molar-refractivity contribution is 7.88. The zero-order valence-electron chi connectivity index (χ0n) is 11.8. The molecule has 110 valence electrons. The third-order valence-electron chi connectivity index (χ3n) is 3.26. The Labute approximate surface area is 120 Å². The van der Waals surface area contributed by atoms with Gasteiger partial charge in [-0.15, -0.1) is 0 Å². The summed E-state index contributed by atoms with van der Waals surface area (Å²) in [6.45, 7) is 3.57. The molecular formula is C14H20N2O3S. The largest absolute Gasteiger partial charge is 0.396 e. The number of aliphatic hydroxyl groups excluding tert-OH is 1. The van der Waals surface area contributed by atoms with Crippen LogP contribution in [-0.4, -0.2) is 25.7 Å². The highest BCUT2D eigenvalue weighted by Gasteiger charge is 2.27. The highest BCUT2D eigenvalue weighted by Crippen LogP contribution is 2.17. The van der Waals surface area contributed by atoms with Crippen molar-refractivity contribution in [2.75, 3.05) is 6.61 Å². The van der Waals surface area contributed by atoms with E-state index < -0.39 is 15.6 Å². The summed E-state index contributed by atoms with van der Waals surface area (Å²) in [5.74, 6) is -0.177.